The van der Waals surface area contributed by atoms with Crippen LogP contribution >= 0.6 is 0 Å². The van der Waals surface area contributed by atoms with Crippen molar-refractivity contribution in [3.63, 3.8) is 0 Å². The molecule has 0 fully saturated rings. The second kappa shape index (κ2) is 7.12. The minimum atomic E-state index is -0.314. The van der Waals surface area contributed by atoms with Crippen LogP contribution in [0.3, 0.4) is 0 Å². The molecule has 0 aromatic rings. The Morgan fingerprint density at radius 1 is 0.941 bits per heavy atom. The van der Waals surface area contributed by atoms with Crippen LogP contribution in [0.2, 0.25) is 7.25 Å². The van der Waals surface area contributed by atoms with Gasteiger partial charge in [0.1, 0.15) is 0 Å². The van der Waals surface area contributed by atoms with Gasteiger partial charge in [-0.3, -0.25) is 0 Å². The quantitative estimate of drug-likeness (QED) is 0.555. The van der Waals surface area contributed by atoms with Crippen molar-refractivity contribution in [2.75, 3.05) is 0 Å². The Balaban J connectivity index is 0.000000722. The van der Waals surface area contributed by atoms with Gasteiger partial charge in [0.05, 0.1) is 0 Å². The van der Waals surface area contributed by atoms with Crippen molar-refractivity contribution >= 4 is 0 Å². The summed E-state index contributed by atoms with van der Waals surface area (Å²) in [7, 11) is 0. The molecule has 0 radical (unpaired) electrons. The van der Waals surface area contributed by atoms with Gasteiger partial charge in [0.15, 0.2) is 0 Å². The van der Waals surface area contributed by atoms with Crippen LogP contribution < -0.4 is 24.8 Å². The zero-order valence-corrected chi connectivity index (χ0v) is 13.7. The SMILES string of the molecule is C1=C[CH]([Zr+2][CH]2C=CC3=C2CCCC3)C=C1.[Cl-].[Cl-]. The first-order valence-corrected chi connectivity index (χ1v) is 8.78. The van der Waals surface area contributed by atoms with E-state index in [0.29, 0.717) is 0 Å². The van der Waals surface area contributed by atoms with Gasteiger partial charge >= 0.3 is 104 Å². The van der Waals surface area contributed by atoms with Gasteiger partial charge < -0.3 is 24.8 Å². The maximum atomic E-state index is 2.52. The maximum absolute atomic E-state index is 2.52. The summed E-state index contributed by atoms with van der Waals surface area (Å²) in [5, 5.41) is 0. The fraction of sp³-hybridized carbons (Fsp3) is 0.429. The summed E-state index contributed by atoms with van der Waals surface area (Å²) >= 11 is -0.314. The van der Waals surface area contributed by atoms with E-state index < -0.39 is 0 Å². The largest absolute Gasteiger partial charge is 1.00 e. The Morgan fingerprint density at radius 3 is 2.41 bits per heavy atom. The number of hydrogen-bond donors (Lipinski definition) is 0. The Labute approximate surface area is 128 Å². The summed E-state index contributed by atoms with van der Waals surface area (Å²) in [5.74, 6) is 0. The molecule has 0 saturated heterocycles. The van der Waals surface area contributed by atoms with Crippen LogP contribution in [0.5, 0.6) is 0 Å². The molecular formula is C14H16Cl2Zr. The van der Waals surface area contributed by atoms with Crippen LogP contribution in [0.15, 0.2) is 47.6 Å². The number of allylic oxidation sites excluding steroid dienone is 8. The minimum Gasteiger partial charge on any atom is -1.00 e. The first-order chi connectivity index (χ1) is 7.43. The van der Waals surface area contributed by atoms with Crippen LogP contribution in [0.25, 0.3) is 0 Å². The Bertz CT molecular complexity index is 368. The monoisotopic (exact) mass is 344 g/mol. The molecule has 0 aromatic carbocycles. The number of hydrogen-bond acceptors (Lipinski definition) is 0. The van der Waals surface area contributed by atoms with E-state index in [4.69, 9.17) is 0 Å². The summed E-state index contributed by atoms with van der Waals surface area (Å²) in [6.07, 6.45) is 19.8. The molecular weight excluding hydrogens is 330 g/mol. The van der Waals surface area contributed by atoms with Gasteiger partial charge in [0, 0.05) is 0 Å². The van der Waals surface area contributed by atoms with Crippen LogP contribution in [-0.2, 0) is 23.2 Å². The molecule has 0 nitrogen and oxygen atoms in total. The van der Waals surface area contributed by atoms with Crippen molar-refractivity contribution in [3.05, 3.63) is 47.6 Å². The van der Waals surface area contributed by atoms with Gasteiger partial charge in [0.25, 0.3) is 0 Å². The van der Waals surface area contributed by atoms with E-state index in [1.165, 1.54) is 25.7 Å². The number of rotatable bonds is 2. The van der Waals surface area contributed by atoms with Crippen molar-refractivity contribution in [1.29, 1.82) is 0 Å². The second-order valence-electron chi connectivity index (χ2n) is 4.56. The third kappa shape index (κ3) is 3.46. The third-order valence-corrected chi connectivity index (χ3v) is 7.64. The molecule has 0 bridgehead atoms. The maximum Gasteiger partial charge on any atom is -1.00 e. The third-order valence-electron chi connectivity index (χ3n) is 3.54. The molecule has 0 aliphatic heterocycles. The van der Waals surface area contributed by atoms with E-state index in [1.54, 1.807) is 5.57 Å². The van der Waals surface area contributed by atoms with Gasteiger partial charge in [-0.05, 0) is 0 Å². The van der Waals surface area contributed by atoms with Crippen molar-refractivity contribution in [3.8, 4) is 0 Å². The molecule has 1 atom stereocenters. The summed E-state index contributed by atoms with van der Waals surface area (Å²) in [5.41, 5.74) is 3.54. The first-order valence-electron chi connectivity index (χ1n) is 5.95. The summed E-state index contributed by atoms with van der Waals surface area (Å²) in [4.78, 5) is 0. The Kier molecular flexibility index (Phi) is 6.48. The van der Waals surface area contributed by atoms with E-state index in [-0.39, 0.29) is 48.0 Å². The second-order valence-corrected chi connectivity index (χ2v) is 8.54. The smallest absolute Gasteiger partial charge is 1.00 e. The van der Waals surface area contributed by atoms with Crippen molar-refractivity contribution in [2.45, 2.75) is 32.9 Å². The van der Waals surface area contributed by atoms with E-state index in [9.17, 15) is 0 Å². The predicted octanol–water partition coefficient (Wildman–Crippen LogP) is -1.78. The molecule has 90 valence electrons. The zero-order chi connectivity index (χ0) is 10.1. The molecule has 0 spiro atoms. The van der Waals surface area contributed by atoms with Gasteiger partial charge in [-0.25, -0.2) is 0 Å². The van der Waals surface area contributed by atoms with Crippen LogP contribution in [-0.4, -0.2) is 0 Å². The molecule has 3 rings (SSSR count). The molecule has 1 unspecified atom stereocenters. The molecule has 3 heteroatoms. The Hall–Kier alpha value is 0.423. The van der Waals surface area contributed by atoms with Gasteiger partial charge in [0.2, 0.25) is 0 Å². The minimum absolute atomic E-state index is 0. The average Bonchev–Trinajstić information content (AvgIpc) is 2.89. The van der Waals surface area contributed by atoms with Gasteiger partial charge in [-0.15, -0.1) is 0 Å². The summed E-state index contributed by atoms with van der Waals surface area (Å²) in [6, 6.07) is 0. The normalized spacial score (nSPS) is 25.3. The topological polar surface area (TPSA) is 0 Å². The molecule has 17 heavy (non-hydrogen) atoms. The fourth-order valence-corrected chi connectivity index (χ4v) is 6.66. The summed E-state index contributed by atoms with van der Waals surface area (Å²) < 4.78 is 1.78. The fourth-order valence-electron chi connectivity index (χ4n) is 2.73. The zero-order valence-electron chi connectivity index (χ0n) is 9.70. The predicted molar refractivity (Wildman–Crippen MR) is 60.4 cm³/mol. The van der Waals surface area contributed by atoms with Gasteiger partial charge in [-0.1, -0.05) is 0 Å². The molecule has 0 N–H and O–H groups in total. The molecule has 3 aliphatic carbocycles. The van der Waals surface area contributed by atoms with E-state index >= 15 is 0 Å². The summed E-state index contributed by atoms with van der Waals surface area (Å²) in [6.45, 7) is 0. The van der Waals surface area contributed by atoms with Crippen molar-refractivity contribution in [2.24, 2.45) is 0 Å². The van der Waals surface area contributed by atoms with Crippen molar-refractivity contribution in [1.82, 2.24) is 0 Å². The van der Waals surface area contributed by atoms with E-state index in [0.717, 1.165) is 7.25 Å². The molecule has 3 aliphatic rings. The van der Waals surface area contributed by atoms with Gasteiger partial charge in [-0.2, -0.15) is 0 Å². The van der Waals surface area contributed by atoms with Crippen LogP contribution in [0.1, 0.15) is 25.7 Å². The molecule has 0 aromatic heterocycles. The van der Waals surface area contributed by atoms with E-state index in [2.05, 4.69) is 36.5 Å². The van der Waals surface area contributed by atoms with Crippen LogP contribution in [0.4, 0.5) is 0 Å². The average molecular weight is 346 g/mol. The van der Waals surface area contributed by atoms with Crippen molar-refractivity contribution < 1.29 is 48.0 Å². The molecule has 0 amide bonds. The Morgan fingerprint density at radius 2 is 1.65 bits per heavy atom. The van der Waals surface area contributed by atoms with E-state index in [1.807, 2.05) is 5.57 Å². The molecule has 0 saturated carbocycles. The van der Waals surface area contributed by atoms with Crippen LogP contribution in [0, 0.1) is 0 Å². The molecule has 0 heterocycles. The first kappa shape index (κ1) is 15.5. The standard InChI is InChI=1S/C9H11.C5H5.2ClH.Zr/c1-2-5-9-7-3-6-8(9)4-1;1-2-4-5-3-1;;;/h3,6-7H,1-2,4-5H2;1-5H;2*1H;/q;;;;+2/p-2. The number of halogens is 2.